The van der Waals surface area contributed by atoms with Gasteiger partial charge in [0.05, 0.1) is 6.54 Å². The highest BCUT2D eigenvalue weighted by atomic mass is 127. The van der Waals surface area contributed by atoms with Crippen molar-refractivity contribution in [2.75, 3.05) is 31.5 Å². The SMILES string of the molecule is CCNC(=NCc1cccc(NC(=O)CC(C)C)c1)NCC1CCCN1CC.I. The van der Waals surface area contributed by atoms with Gasteiger partial charge in [-0.3, -0.25) is 9.69 Å². The molecule has 2 rings (SSSR count). The van der Waals surface area contributed by atoms with Crippen molar-refractivity contribution in [3.8, 4) is 0 Å². The quantitative estimate of drug-likeness (QED) is 0.266. The number of likely N-dealkylation sites (tertiary alicyclic amines) is 1. The first-order valence-corrected chi connectivity index (χ1v) is 10.7. The number of carbonyl (C=O) groups is 1. The predicted molar refractivity (Wildman–Crippen MR) is 133 cm³/mol. The molecular formula is C22H38IN5O. The summed E-state index contributed by atoms with van der Waals surface area (Å²) >= 11 is 0. The Morgan fingerprint density at radius 3 is 2.76 bits per heavy atom. The fourth-order valence-corrected chi connectivity index (χ4v) is 3.60. The third kappa shape index (κ3) is 9.33. The number of nitrogens with one attached hydrogen (secondary N) is 3. The monoisotopic (exact) mass is 515 g/mol. The molecule has 0 bridgehead atoms. The Hall–Kier alpha value is -1.35. The average molecular weight is 515 g/mol. The van der Waals surface area contributed by atoms with Crippen LogP contribution in [0, 0.1) is 5.92 Å². The van der Waals surface area contributed by atoms with Crippen LogP contribution in [0.15, 0.2) is 29.3 Å². The maximum Gasteiger partial charge on any atom is 0.224 e. The standard InChI is InChI=1S/C22H37N5O.HI/c1-5-23-22(25-16-20-11-8-12-27(20)6-2)24-15-18-9-7-10-19(14-18)26-21(28)13-17(3)4;/h7,9-10,14,17,20H,5-6,8,11-13,15-16H2,1-4H3,(H,26,28)(H2,23,24,25);1H. The predicted octanol–water partition coefficient (Wildman–Crippen LogP) is 3.83. The molecule has 0 saturated carbocycles. The zero-order valence-electron chi connectivity index (χ0n) is 18.3. The molecule has 1 aliphatic heterocycles. The summed E-state index contributed by atoms with van der Waals surface area (Å²) in [7, 11) is 0. The van der Waals surface area contributed by atoms with Gasteiger partial charge in [0.2, 0.25) is 5.91 Å². The van der Waals surface area contributed by atoms with Gasteiger partial charge in [-0.25, -0.2) is 4.99 Å². The maximum atomic E-state index is 12.0. The molecule has 0 spiro atoms. The number of aliphatic imine (C=N–C) groups is 1. The lowest BCUT2D eigenvalue weighted by Crippen LogP contribution is -2.44. The van der Waals surface area contributed by atoms with Crippen LogP contribution >= 0.6 is 24.0 Å². The second-order valence-corrected chi connectivity index (χ2v) is 7.85. The van der Waals surface area contributed by atoms with Gasteiger partial charge in [0.15, 0.2) is 5.96 Å². The molecule has 1 aliphatic rings. The van der Waals surface area contributed by atoms with Crippen molar-refractivity contribution in [3.05, 3.63) is 29.8 Å². The molecule has 1 amide bonds. The van der Waals surface area contributed by atoms with Crippen LogP contribution in [0.5, 0.6) is 0 Å². The molecule has 29 heavy (non-hydrogen) atoms. The molecule has 1 aromatic rings. The summed E-state index contributed by atoms with van der Waals surface area (Å²) in [5, 5.41) is 9.80. The molecule has 3 N–H and O–H groups in total. The van der Waals surface area contributed by atoms with Crippen LogP contribution in [-0.2, 0) is 11.3 Å². The number of guanidine groups is 1. The number of carbonyl (C=O) groups excluding carboxylic acids is 1. The van der Waals surface area contributed by atoms with Crippen molar-refractivity contribution >= 4 is 41.5 Å². The smallest absolute Gasteiger partial charge is 0.224 e. The van der Waals surface area contributed by atoms with Crippen LogP contribution in [0.3, 0.4) is 0 Å². The number of anilines is 1. The van der Waals surface area contributed by atoms with E-state index in [2.05, 4.69) is 34.7 Å². The van der Waals surface area contributed by atoms with E-state index in [0.29, 0.717) is 24.9 Å². The number of halogens is 1. The molecule has 6 nitrogen and oxygen atoms in total. The molecule has 1 unspecified atom stereocenters. The molecule has 0 aliphatic carbocycles. The largest absolute Gasteiger partial charge is 0.357 e. The van der Waals surface area contributed by atoms with E-state index in [1.54, 1.807) is 0 Å². The number of rotatable bonds is 9. The lowest BCUT2D eigenvalue weighted by atomic mass is 10.1. The van der Waals surface area contributed by atoms with Gasteiger partial charge in [0.1, 0.15) is 0 Å². The summed E-state index contributed by atoms with van der Waals surface area (Å²) < 4.78 is 0. The first-order chi connectivity index (χ1) is 13.5. The second-order valence-electron chi connectivity index (χ2n) is 7.85. The van der Waals surface area contributed by atoms with E-state index in [1.165, 1.54) is 19.4 Å². The van der Waals surface area contributed by atoms with Crippen molar-refractivity contribution in [1.29, 1.82) is 0 Å². The van der Waals surface area contributed by atoms with E-state index in [1.807, 2.05) is 38.1 Å². The Kier molecular flexibility index (Phi) is 12.2. The van der Waals surface area contributed by atoms with Crippen molar-refractivity contribution in [3.63, 3.8) is 0 Å². The Morgan fingerprint density at radius 2 is 2.07 bits per heavy atom. The third-order valence-corrected chi connectivity index (χ3v) is 4.98. The van der Waals surface area contributed by atoms with Crippen LogP contribution in [0.25, 0.3) is 0 Å². The van der Waals surface area contributed by atoms with Crippen LogP contribution in [0.1, 0.15) is 52.5 Å². The Balaban J connectivity index is 0.00000420. The zero-order chi connectivity index (χ0) is 20.4. The van der Waals surface area contributed by atoms with E-state index in [0.717, 1.165) is 36.8 Å². The van der Waals surface area contributed by atoms with Crippen LogP contribution in [0.2, 0.25) is 0 Å². The normalized spacial score (nSPS) is 17.1. The summed E-state index contributed by atoms with van der Waals surface area (Å²) in [5.41, 5.74) is 1.91. The van der Waals surface area contributed by atoms with Gasteiger partial charge in [-0.05, 0) is 56.5 Å². The molecule has 7 heteroatoms. The number of nitrogens with zero attached hydrogens (tertiary/aromatic N) is 2. The van der Waals surface area contributed by atoms with Crippen molar-refractivity contribution in [2.45, 2.75) is 59.5 Å². The lowest BCUT2D eigenvalue weighted by molar-refractivity contribution is -0.116. The first kappa shape index (κ1) is 25.7. The van der Waals surface area contributed by atoms with E-state index in [9.17, 15) is 4.79 Å². The van der Waals surface area contributed by atoms with Gasteiger partial charge in [-0.1, -0.05) is 32.9 Å². The van der Waals surface area contributed by atoms with E-state index >= 15 is 0 Å². The number of hydrogen-bond acceptors (Lipinski definition) is 3. The van der Waals surface area contributed by atoms with Gasteiger partial charge < -0.3 is 16.0 Å². The molecule has 1 atom stereocenters. The average Bonchev–Trinajstić information content (AvgIpc) is 3.11. The summed E-state index contributed by atoms with van der Waals surface area (Å²) in [6.07, 6.45) is 3.06. The fraction of sp³-hybridized carbons (Fsp3) is 0.636. The third-order valence-electron chi connectivity index (χ3n) is 4.98. The second kappa shape index (κ2) is 13.8. The van der Waals surface area contributed by atoms with Crippen molar-refractivity contribution in [2.24, 2.45) is 10.9 Å². The molecule has 1 heterocycles. The van der Waals surface area contributed by atoms with Gasteiger partial charge in [0, 0.05) is 31.2 Å². The molecule has 1 aromatic carbocycles. The first-order valence-electron chi connectivity index (χ1n) is 10.7. The van der Waals surface area contributed by atoms with Crippen molar-refractivity contribution in [1.82, 2.24) is 15.5 Å². The molecule has 0 radical (unpaired) electrons. The van der Waals surface area contributed by atoms with E-state index in [4.69, 9.17) is 4.99 Å². The van der Waals surface area contributed by atoms with Gasteiger partial charge in [-0.2, -0.15) is 0 Å². The Morgan fingerprint density at radius 1 is 1.28 bits per heavy atom. The minimum atomic E-state index is 0. The fourth-order valence-electron chi connectivity index (χ4n) is 3.60. The number of benzene rings is 1. The highest BCUT2D eigenvalue weighted by Gasteiger charge is 2.22. The highest BCUT2D eigenvalue weighted by molar-refractivity contribution is 14.0. The summed E-state index contributed by atoms with van der Waals surface area (Å²) in [5.74, 6) is 1.26. The topological polar surface area (TPSA) is 68.8 Å². The van der Waals surface area contributed by atoms with Crippen molar-refractivity contribution < 1.29 is 4.79 Å². The highest BCUT2D eigenvalue weighted by Crippen LogP contribution is 2.16. The van der Waals surface area contributed by atoms with E-state index < -0.39 is 0 Å². The Bertz CT molecular complexity index is 650. The summed E-state index contributed by atoms with van der Waals surface area (Å²) in [4.78, 5) is 19.2. The molecule has 1 fully saturated rings. The molecule has 164 valence electrons. The zero-order valence-corrected chi connectivity index (χ0v) is 20.7. The minimum Gasteiger partial charge on any atom is -0.357 e. The summed E-state index contributed by atoms with van der Waals surface area (Å²) in [6.45, 7) is 13.0. The Labute approximate surface area is 193 Å². The molecular weight excluding hydrogens is 477 g/mol. The van der Waals surface area contributed by atoms with Gasteiger partial charge in [0.25, 0.3) is 0 Å². The summed E-state index contributed by atoms with van der Waals surface area (Å²) in [6, 6.07) is 8.53. The number of amides is 1. The van der Waals surface area contributed by atoms with E-state index in [-0.39, 0.29) is 29.9 Å². The molecule has 1 saturated heterocycles. The van der Waals surface area contributed by atoms with Gasteiger partial charge >= 0.3 is 0 Å². The maximum absolute atomic E-state index is 12.0. The number of likely N-dealkylation sites (N-methyl/N-ethyl adjacent to an activating group) is 1. The van der Waals surface area contributed by atoms with Crippen LogP contribution in [-0.4, -0.2) is 49.0 Å². The number of hydrogen-bond donors (Lipinski definition) is 3. The lowest BCUT2D eigenvalue weighted by Gasteiger charge is -2.24. The minimum absolute atomic E-state index is 0. The van der Waals surface area contributed by atoms with Crippen LogP contribution < -0.4 is 16.0 Å². The molecule has 0 aromatic heterocycles. The van der Waals surface area contributed by atoms with Gasteiger partial charge in [-0.15, -0.1) is 24.0 Å². The van der Waals surface area contributed by atoms with Crippen LogP contribution in [0.4, 0.5) is 5.69 Å².